The molecule has 4 nitrogen and oxygen atoms in total. The van der Waals surface area contributed by atoms with Gasteiger partial charge in [-0.25, -0.2) is 0 Å². The van der Waals surface area contributed by atoms with Gasteiger partial charge in [0.05, 0.1) is 10.4 Å². The quantitative estimate of drug-likeness (QED) is 0.611. The Kier molecular flexibility index (Phi) is 3.62. The van der Waals surface area contributed by atoms with Crippen LogP contribution in [0.3, 0.4) is 0 Å². The largest absolute Gasteiger partial charge is 0.393 e. The molecule has 0 bridgehead atoms. The molecule has 0 aromatic heterocycles. The minimum atomic E-state index is -0.565. The van der Waals surface area contributed by atoms with Gasteiger partial charge in [0.2, 0.25) is 11.8 Å². The normalized spacial score (nSPS) is 19.9. The van der Waals surface area contributed by atoms with Crippen molar-refractivity contribution < 1.29 is 9.59 Å². The maximum absolute atomic E-state index is 12.0. The molecule has 0 unspecified atom stereocenters. The molecule has 2 amide bonds. The minimum absolute atomic E-state index is 0.0961. The summed E-state index contributed by atoms with van der Waals surface area (Å²) in [7, 11) is 0. The van der Waals surface area contributed by atoms with Gasteiger partial charge in [-0.1, -0.05) is 39.9 Å². The van der Waals surface area contributed by atoms with E-state index in [1.54, 1.807) is 13.8 Å². The lowest BCUT2D eigenvalue weighted by atomic mass is 9.89. The molecule has 0 aliphatic carbocycles. The molecule has 1 fully saturated rings. The molecule has 1 aliphatic heterocycles. The number of amides is 2. The van der Waals surface area contributed by atoms with Crippen LogP contribution in [0.2, 0.25) is 0 Å². The standard InChI is InChI=1S/C12H20N2O2S/c1-11(2,9(13)17)5-6-14-8(15)7-12(3,4)10(14)16/h5-7H2,1-4H3,(H2,13,17). The number of hydrogen-bond donors (Lipinski definition) is 1. The Balaban J connectivity index is 2.69. The van der Waals surface area contributed by atoms with E-state index >= 15 is 0 Å². The van der Waals surface area contributed by atoms with Gasteiger partial charge in [0, 0.05) is 18.4 Å². The third kappa shape index (κ3) is 2.83. The highest BCUT2D eigenvalue weighted by Crippen LogP contribution is 2.32. The zero-order chi connectivity index (χ0) is 13.4. The van der Waals surface area contributed by atoms with Crippen LogP contribution in [-0.4, -0.2) is 28.2 Å². The predicted molar refractivity (Wildman–Crippen MR) is 70.3 cm³/mol. The highest BCUT2D eigenvalue weighted by Gasteiger charge is 2.44. The molecule has 0 aromatic carbocycles. The summed E-state index contributed by atoms with van der Waals surface area (Å²) in [5, 5.41) is 0. The van der Waals surface area contributed by atoms with E-state index in [1.165, 1.54) is 4.90 Å². The maximum Gasteiger partial charge on any atom is 0.235 e. The first-order valence-electron chi connectivity index (χ1n) is 5.73. The summed E-state index contributed by atoms with van der Waals surface area (Å²) in [5.74, 6) is -0.194. The lowest BCUT2D eigenvalue weighted by Gasteiger charge is -2.26. The molecule has 0 saturated carbocycles. The number of imide groups is 1. The van der Waals surface area contributed by atoms with Crippen molar-refractivity contribution >= 4 is 29.0 Å². The van der Waals surface area contributed by atoms with E-state index in [2.05, 4.69) is 0 Å². The Morgan fingerprint density at radius 2 is 2.00 bits per heavy atom. The second kappa shape index (κ2) is 4.37. The summed E-state index contributed by atoms with van der Waals surface area (Å²) < 4.78 is 0. The van der Waals surface area contributed by atoms with Gasteiger partial charge in [0.15, 0.2) is 0 Å². The fourth-order valence-corrected chi connectivity index (χ4v) is 1.87. The third-order valence-electron chi connectivity index (χ3n) is 3.35. The van der Waals surface area contributed by atoms with Crippen molar-refractivity contribution in [1.29, 1.82) is 0 Å². The van der Waals surface area contributed by atoms with E-state index in [0.29, 0.717) is 24.4 Å². The van der Waals surface area contributed by atoms with Gasteiger partial charge < -0.3 is 5.73 Å². The van der Waals surface area contributed by atoms with Crippen molar-refractivity contribution in [2.45, 2.75) is 40.5 Å². The van der Waals surface area contributed by atoms with Crippen molar-refractivity contribution in [3.05, 3.63) is 0 Å². The summed E-state index contributed by atoms with van der Waals surface area (Å²) in [6, 6.07) is 0. The van der Waals surface area contributed by atoms with Gasteiger partial charge in [0.1, 0.15) is 0 Å². The van der Waals surface area contributed by atoms with Crippen LogP contribution >= 0.6 is 12.2 Å². The molecule has 0 radical (unpaired) electrons. The first-order valence-corrected chi connectivity index (χ1v) is 6.13. The van der Waals surface area contributed by atoms with Crippen LogP contribution in [0.1, 0.15) is 40.5 Å². The number of likely N-dealkylation sites (tertiary alicyclic amines) is 1. The molecular weight excluding hydrogens is 236 g/mol. The van der Waals surface area contributed by atoms with E-state index in [-0.39, 0.29) is 17.2 Å². The molecular formula is C12H20N2O2S. The monoisotopic (exact) mass is 256 g/mol. The fraction of sp³-hybridized carbons (Fsp3) is 0.750. The summed E-state index contributed by atoms with van der Waals surface area (Å²) in [5.41, 5.74) is 4.72. The van der Waals surface area contributed by atoms with E-state index in [1.807, 2.05) is 13.8 Å². The van der Waals surface area contributed by atoms with E-state index in [9.17, 15) is 9.59 Å². The maximum atomic E-state index is 12.0. The van der Waals surface area contributed by atoms with Crippen LogP contribution in [0.25, 0.3) is 0 Å². The average molecular weight is 256 g/mol. The molecule has 0 aromatic rings. The molecule has 0 atom stereocenters. The van der Waals surface area contributed by atoms with Crippen LogP contribution in [0.5, 0.6) is 0 Å². The Hall–Kier alpha value is -0.970. The molecule has 1 heterocycles. The number of rotatable bonds is 4. The molecule has 2 N–H and O–H groups in total. The highest BCUT2D eigenvalue weighted by atomic mass is 32.1. The van der Waals surface area contributed by atoms with Crippen LogP contribution in [0, 0.1) is 10.8 Å². The summed E-state index contributed by atoms with van der Waals surface area (Å²) in [6.07, 6.45) is 0.898. The Labute approximate surface area is 108 Å². The summed E-state index contributed by atoms with van der Waals surface area (Å²) in [4.78, 5) is 25.4. The summed E-state index contributed by atoms with van der Waals surface area (Å²) in [6.45, 7) is 7.83. The van der Waals surface area contributed by atoms with Crippen LogP contribution in [0.15, 0.2) is 0 Å². The SMILES string of the molecule is CC1(C)CC(=O)N(CCC(C)(C)C(N)=S)C1=O. The number of hydrogen-bond acceptors (Lipinski definition) is 3. The van der Waals surface area contributed by atoms with E-state index < -0.39 is 5.41 Å². The van der Waals surface area contributed by atoms with Gasteiger partial charge in [-0.3, -0.25) is 14.5 Å². The minimum Gasteiger partial charge on any atom is -0.393 e. The third-order valence-corrected chi connectivity index (χ3v) is 3.90. The van der Waals surface area contributed by atoms with Crippen LogP contribution in [-0.2, 0) is 9.59 Å². The lowest BCUT2D eigenvalue weighted by molar-refractivity contribution is -0.141. The van der Waals surface area contributed by atoms with Crippen LogP contribution < -0.4 is 5.73 Å². The molecule has 96 valence electrons. The van der Waals surface area contributed by atoms with E-state index in [0.717, 1.165) is 0 Å². The van der Waals surface area contributed by atoms with Gasteiger partial charge in [-0.2, -0.15) is 0 Å². The first kappa shape index (κ1) is 14.1. The van der Waals surface area contributed by atoms with Gasteiger partial charge in [-0.15, -0.1) is 0 Å². The Bertz CT molecular complexity index is 375. The molecule has 5 heteroatoms. The van der Waals surface area contributed by atoms with Crippen molar-refractivity contribution in [2.24, 2.45) is 16.6 Å². The van der Waals surface area contributed by atoms with E-state index in [4.69, 9.17) is 18.0 Å². The molecule has 17 heavy (non-hydrogen) atoms. The van der Waals surface area contributed by atoms with Gasteiger partial charge in [0.25, 0.3) is 0 Å². The van der Waals surface area contributed by atoms with Crippen molar-refractivity contribution in [3.8, 4) is 0 Å². The zero-order valence-electron chi connectivity index (χ0n) is 10.9. The van der Waals surface area contributed by atoms with Crippen molar-refractivity contribution in [1.82, 2.24) is 4.90 Å². The first-order chi connectivity index (χ1) is 7.58. The number of carbonyl (C=O) groups is 2. The fourth-order valence-electron chi connectivity index (χ4n) is 1.77. The number of nitrogens with two attached hydrogens (primary N) is 1. The second-order valence-electron chi connectivity index (χ2n) is 5.91. The van der Waals surface area contributed by atoms with Crippen LogP contribution in [0.4, 0.5) is 0 Å². The predicted octanol–water partition coefficient (Wildman–Crippen LogP) is 1.47. The number of thiocarbonyl (C=S) groups is 1. The molecule has 0 spiro atoms. The number of carbonyl (C=O) groups excluding carboxylic acids is 2. The summed E-state index contributed by atoms with van der Waals surface area (Å²) >= 11 is 4.97. The molecule has 1 aliphatic rings. The topological polar surface area (TPSA) is 63.4 Å². The smallest absolute Gasteiger partial charge is 0.235 e. The van der Waals surface area contributed by atoms with Crippen molar-refractivity contribution in [2.75, 3.05) is 6.54 Å². The molecule has 1 rings (SSSR count). The lowest BCUT2D eigenvalue weighted by Crippen LogP contribution is -2.38. The second-order valence-corrected chi connectivity index (χ2v) is 6.35. The van der Waals surface area contributed by atoms with Crippen molar-refractivity contribution in [3.63, 3.8) is 0 Å². The zero-order valence-corrected chi connectivity index (χ0v) is 11.7. The average Bonchev–Trinajstić information content (AvgIpc) is 2.34. The highest BCUT2D eigenvalue weighted by molar-refractivity contribution is 7.80. The Morgan fingerprint density at radius 1 is 1.47 bits per heavy atom. The Morgan fingerprint density at radius 3 is 2.35 bits per heavy atom. The molecule has 1 saturated heterocycles. The van der Waals surface area contributed by atoms with Gasteiger partial charge in [-0.05, 0) is 6.42 Å². The number of nitrogens with zero attached hydrogens (tertiary/aromatic N) is 1. The van der Waals surface area contributed by atoms with Gasteiger partial charge >= 0.3 is 0 Å².